The number of halogens is 3. The van der Waals surface area contributed by atoms with E-state index in [4.69, 9.17) is 11.6 Å². The van der Waals surface area contributed by atoms with Crippen molar-refractivity contribution < 1.29 is 8.78 Å². The third-order valence-electron chi connectivity index (χ3n) is 2.96. The number of allylic oxidation sites excluding steroid dienone is 2. The van der Waals surface area contributed by atoms with Crippen molar-refractivity contribution in [1.29, 1.82) is 0 Å². The van der Waals surface area contributed by atoms with Crippen LogP contribution >= 0.6 is 11.6 Å². The van der Waals surface area contributed by atoms with Crippen molar-refractivity contribution in [3.63, 3.8) is 0 Å². The van der Waals surface area contributed by atoms with Crippen molar-refractivity contribution in [1.82, 2.24) is 0 Å². The first-order chi connectivity index (χ1) is 7.89. The van der Waals surface area contributed by atoms with Gasteiger partial charge >= 0.3 is 5.38 Å². The van der Waals surface area contributed by atoms with Crippen molar-refractivity contribution in [2.45, 2.75) is 32.1 Å². The van der Waals surface area contributed by atoms with Crippen LogP contribution in [0.2, 0.25) is 0 Å². The van der Waals surface area contributed by atoms with E-state index in [1.807, 2.05) is 30.3 Å². The molecule has 1 rings (SSSR count). The molecular weight excluding hydrogens is 242 g/mol. The number of alkyl halides is 3. The maximum atomic E-state index is 13.4. The second-order valence-corrected chi connectivity index (χ2v) is 4.88. The van der Waals surface area contributed by atoms with E-state index in [0.29, 0.717) is 12.8 Å². The van der Waals surface area contributed by atoms with E-state index >= 15 is 0 Å². The minimum absolute atomic E-state index is 0.317. The topological polar surface area (TPSA) is 0 Å². The zero-order valence-electron chi connectivity index (χ0n) is 10.1. The Kier molecular flexibility index (Phi) is 4.70. The number of hydrogen-bond acceptors (Lipinski definition) is 0. The van der Waals surface area contributed by atoms with Gasteiger partial charge in [-0.2, -0.15) is 8.78 Å². The first kappa shape index (κ1) is 14.2. The van der Waals surface area contributed by atoms with Crippen LogP contribution in [-0.2, 0) is 6.42 Å². The molecule has 94 valence electrons. The molecule has 1 aromatic carbocycles. The van der Waals surface area contributed by atoms with Crippen molar-refractivity contribution in [2.24, 2.45) is 5.41 Å². The molecule has 17 heavy (non-hydrogen) atoms. The summed E-state index contributed by atoms with van der Waals surface area (Å²) in [4.78, 5) is 0. The summed E-state index contributed by atoms with van der Waals surface area (Å²) in [6.45, 7) is 3.21. The Hall–Kier alpha value is -0.890. The van der Waals surface area contributed by atoms with E-state index in [1.165, 1.54) is 13.0 Å². The molecule has 0 saturated heterocycles. The van der Waals surface area contributed by atoms with Gasteiger partial charge in [0.15, 0.2) is 0 Å². The van der Waals surface area contributed by atoms with Crippen LogP contribution in [0.5, 0.6) is 0 Å². The minimum atomic E-state index is -3.23. The SMILES string of the molecule is C/C=C/C(C)(CCc1ccccc1)C(F)(F)Cl. The van der Waals surface area contributed by atoms with Crippen LogP contribution in [0.25, 0.3) is 0 Å². The molecule has 1 aromatic rings. The van der Waals surface area contributed by atoms with Crippen LogP contribution < -0.4 is 0 Å². The van der Waals surface area contributed by atoms with Crippen LogP contribution in [0, 0.1) is 5.41 Å². The molecule has 0 fully saturated rings. The molecule has 0 amide bonds. The average molecular weight is 259 g/mol. The highest BCUT2D eigenvalue weighted by atomic mass is 35.5. The Labute approximate surface area is 106 Å². The van der Waals surface area contributed by atoms with Gasteiger partial charge in [-0.15, -0.1) is 0 Å². The highest BCUT2D eigenvalue weighted by Gasteiger charge is 2.46. The molecule has 0 N–H and O–H groups in total. The summed E-state index contributed by atoms with van der Waals surface area (Å²) in [5.41, 5.74) is -0.261. The fraction of sp³-hybridized carbons (Fsp3) is 0.429. The third-order valence-corrected chi connectivity index (χ3v) is 3.39. The molecule has 3 heteroatoms. The van der Waals surface area contributed by atoms with Crippen LogP contribution in [0.4, 0.5) is 8.78 Å². The summed E-state index contributed by atoms with van der Waals surface area (Å²) < 4.78 is 26.7. The predicted molar refractivity (Wildman–Crippen MR) is 68.5 cm³/mol. The summed E-state index contributed by atoms with van der Waals surface area (Å²) in [5, 5.41) is -3.23. The van der Waals surface area contributed by atoms with Crippen molar-refractivity contribution in [3.8, 4) is 0 Å². The quantitative estimate of drug-likeness (QED) is 0.513. The molecule has 0 aliphatic heterocycles. The van der Waals surface area contributed by atoms with Gasteiger partial charge in [0.05, 0.1) is 5.41 Å². The zero-order valence-corrected chi connectivity index (χ0v) is 10.8. The van der Waals surface area contributed by atoms with Gasteiger partial charge in [0.1, 0.15) is 0 Å². The Morgan fingerprint density at radius 3 is 2.29 bits per heavy atom. The molecule has 1 unspecified atom stereocenters. The van der Waals surface area contributed by atoms with Crippen LogP contribution in [-0.4, -0.2) is 5.38 Å². The van der Waals surface area contributed by atoms with Gasteiger partial charge in [0.25, 0.3) is 0 Å². The standard InChI is InChI=1S/C14H17ClF2/c1-3-10-13(2,14(15,16)17)11-9-12-7-5-4-6-8-12/h3-8,10H,9,11H2,1-2H3/b10-3+. The van der Waals surface area contributed by atoms with Crippen molar-refractivity contribution in [2.75, 3.05) is 0 Å². The molecule has 0 nitrogen and oxygen atoms in total. The molecular formula is C14H17ClF2. The van der Waals surface area contributed by atoms with Gasteiger partial charge in [0.2, 0.25) is 0 Å². The third kappa shape index (κ3) is 3.81. The Bertz CT molecular complexity index is 368. The second-order valence-electron chi connectivity index (χ2n) is 4.40. The number of rotatable bonds is 5. The monoisotopic (exact) mass is 258 g/mol. The first-order valence-corrected chi connectivity index (χ1v) is 6.01. The molecule has 0 heterocycles. The molecule has 0 spiro atoms. The van der Waals surface area contributed by atoms with Gasteiger partial charge in [-0.3, -0.25) is 0 Å². The molecule has 0 bridgehead atoms. The zero-order chi connectivity index (χ0) is 12.9. The Morgan fingerprint density at radius 2 is 1.82 bits per heavy atom. The molecule has 0 aliphatic carbocycles. The minimum Gasteiger partial charge on any atom is -0.187 e. The fourth-order valence-electron chi connectivity index (χ4n) is 1.74. The summed E-state index contributed by atoms with van der Waals surface area (Å²) >= 11 is 5.20. The Balaban J connectivity index is 2.76. The normalized spacial score (nSPS) is 16.1. The molecule has 0 aromatic heterocycles. The van der Waals surface area contributed by atoms with E-state index in [1.54, 1.807) is 13.0 Å². The lowest BCUT2D eigenvalue weighted by atomic mass is 9.83. The van der Waals surface area contributed by atoms with Crippen LogP contribution in [0.1, 0.15) is 25.8 Å². The number of hydrogen-bond donors (Lipinski definition) is 0. The fourth-order valence-corrected chi connectivity index (χ4v) is 1.89. The first-order valence-electron chi connectivity index (χ1n) is 5.63. The molecule has 1 atom stereocenters. The van der Waals surface area contributed by atoms with Gasteiger partial charge in [-0.1, -0.05) is 42.5 Å². The van der Waals surface area contributed by atoms with Gasteiger partial charge in [0, 0.05) is 0 Å². The smallest absolute Gasteiger partial charge is 0.187 e. The molecule has 0 aliphatic rings. The van der Waals surface area contributed by atoms with E-state index < -0.39 is 10.8 Å². The lowest BCUT2D eigenvalue weighted by Gasteiger charge is -2.30. The molecule has 0 saturated carbocycles. The van der Waals surface area contributed by atoms with E-state index in [2.05, 4.69) is 0 Å². The highest BCUT2D eigenvalue weighted by Crippen LogP contribution is 2.44. The lowest BCUT2D eigenvalue weighted by Crippen LogP contribution is -2.32. The number of aryl methyl sites for hydroxylation is 1. The summed E-state index contributed by atoms with van der Waals surface area (Å²) in [5.74, 6) is 0. The van der Waals surface area contributed by atoms with Crippen LogP contribution in [0.3, 0.4) is 0 Å². The lowest BCUT2D eigenvalue weighted by molar-refractivity contribution is -0.0120. The average Bonchev–Trinajstić information content (AvgIpc) is 2.27. The summed E-state index contributed by atoms with van der Waals surface area (Å²) in [7, 11) is 0. The van der Waals surface area contributed by atoms with E-state index in [9.17, 15) is 8.78 Å². The van der Waals surface area contributed by atoms with Gasteiger partial charge in [-0.05, 0) is 43.9 Å². The van der Waals surface area contributed by atoms with E-state index in [-0.39, 0.29) is 0 Å². The second kappa shape index (κ2) is 5.63. The van der Waals surface area contributed by atoms with Gasteiger partial charge in [-0.25, -0.2) is 0 Å². The summed E-state index contributed by atoms with van der Waals surface area (Å²) in [6.07, 6.45) is 4.02. The van der Waals surface area contributed by atoms with Crippen LogP contribution in [0.15, 0.2) is 42.5 Å². The maximum absolute atomic E-state index is 13.4. The summed E-state index contributed by atoms with van der Waals surface area (Å²) in [6, 6.07) is 9.58. The van der Waals surface area contributed by atoms with Gasteiger partial charge < -0.3 is 0 Å². The van der Waals surface area contributed by atoms with Crippen molar-refractivity contribution in [3.05, 3.63) is 48.0 Å². The van der Waals surface area contributed by atoms with Crippen molar-refractivity contribution >= 4 is 11.6 Å². The number of benzene rings is 1. The molecule has 0 radical (unpaired) electrons. The van der Waals surface area contributed by atoms with E-state index in [0.717, 1.165) is 5.56 Å². The predicted octanol–water partition coefficient (Wildman–Crippen LogP) is 5.03. The Morgan fingerprint density at radius 1 is 1.24 bits per heavy atom. The largest absolute Gasteiger partial charge is 0.330 e. The maximum Gasteiger partial charge on any atom is 0.330 e. The highest BCUT2D eigenvalue weighted by molar-refractivity contribution is 6.22.